The van der Waals surface area contributed by atoms with Crippen LogP contribution < -0.4 is 10.6 Å². The maximum Gasteiger partial charge on any atom is 0.0992 e. The molecule has 1 aromatic rings. The van der Waals surface area contributed by atoms with Gasteiger partial charge in [0.25, 0.3) is 0 Å². The van der Waals surface area contributed by atoms with Crippen molar-refractivity contribution in [2.45, 2.75) is 13.8 Å². The van der Waals surface area contributed by atoms with E-state index in [2.05, 4.69) is 43.8 Å². The fourth-order valence-electron chi connectivity index (χ4n) is 1.96. The number of benzene rings is 1. The maximum absolute atomic E-state index is 9.02. The first kappa shape index (κ1) is 15.3. The number of hydrogen-bond donors (Lipinski definition) is 1. The molecule has 0 aliphatic carbocycles. The van der Waals surface area contributed by atoms with Crippen LogP contribution in [0.2, 0.25) is 0 Å². The number of nitrogens with two attached hydrogens (primary N) is 1. The van der Waals surface area contributed by atoms with Crippen molar-refractivity contribution in [1.29, 1.82) is 5.26 Å². The first-order valence-electron chi connectivity index (χ1n) is 6.63. The van der Waals surface area contributed by atoms with Gasteiger partial charge in [-0.1, -0.05) is 13.8 Å². The van der Waals surface area contributed by atoms with E-state index in [-0.39, 0.29) is 0 Å². The molecular formula is C15H24N4. The SMILES string of the molecule is CC(C)CN(CCN(C)C)c1cc(C#N)ccc1N. The summed E-state index contributed by atoms with van der Waals surface area (Å²) in [4.78, 5) is 4.42. The number of nitrogen functional groups attached to an aromatic ring is 1. The largest absolute Gasteiger partial charge is 0.397 e. The summed E-state index contributed by atoms with van der Waals surface area (Å²) >= 11 is 0. The van der Waals surface area contributed by atoms with Crippen molar-refractivity contribution in [3.05, 3.63) is 23.8 Å². The van der Waals surface area contributed by atoms with Gasteiger partial charge < -0.3 is 15.5 Å². The molecule has 1 aromatic carbocycles. The van der Waals surface area contributed by atoms with Gasteiger partial charge in [-0.3, -0.25) is 0 Å². The summed E-state index contributed by atoms with van der Waals surface area (Å²) in [6, 6.07) is 7.64. The highest BCUT2D eigenvalue weighted by Crippen LogP contribution is 2.25. The van der Waals surface area contributed by atoms with Crippen molar-refractivity contribution in [2.75, 3.05) is 44.4 Å². The average Bonchev–Trinajstić information content (AvgIpc) is 2.34. The Morgan fingerprint density at radius 1 is 1.26 bits per heavy atom. The Kier molecular flexibility index (Phi) is 5.65. The second kappa shape index (κ2) is 7.01. The van der Waals surface area contributed by atoms with Crippen LogP contribution in [0.1, 0.15) is 19.4 Å². The zero-order valence-electron chi connectivity index (χ0n) is 12.3. The molecule has 19 heavy (non-hydrogen) atoms. The van der Waals surface area contributed by atoms with E-state index in [1.807, 2.05) is 12.1 Å². The number of rotatable bonds is 6. The molecule has 0 saturated carbocycles. The topological polar surface area (TPSA) is 56.3 Å². The van der Waals surface area contributed by atoms with Crippen LogP contribution in [0.3, 0.4) is 0 Å². The fourth-order valence-corrected chi connectivity index (χ4v) is 1.96. The molecule has 0 radical (unpaired) electrons. The van der Waals surface area contributed by atoms with Gasteiger partial charge >= 0.3 is 0 Å². The molecule has 0 spiro atoms. The molecule has 0 atom stereocenters. The Morgan fingerprint density at radius 2 is 1.95 bits per heavy atom. The van der Waals surface area contributed by atoms with Crippen molar-refractivity contribution < 1.29 is 0 Å². The van der Waals surface area contributed by atoms with Crippen LogP contribution in [-0.2, 0) is 0 Å². The molecule has 1 rings (SSSR count). The highest BCUT2D eigenvalue weighted by Gasteiger charge is 2.12. The van der Waals surface area contributed by atoms with Gasteiger partial charge in [-0.15, -0.1) is 0 Å². The predicted octanol–water partition coefficient (Wildman–Crippen LogP) is 2.16. The standard InChI is InChI=1S/C15H24N4/c1-12(2)11-19(8-7-18(3)4)15-9-13(10-16)5-6-14(15)17/h5-6,9,12H,7-8,11,17H2,1-4H3. The second-order valence-electron chi connectivity index (χ2n) is 5.53. The monoisotopic (exact) mass is 260 g/mol. The zero-order chi connectivity index (χ0) is 14.4. The minimum Gasteiger partial charge on any atom is -0.397 e. The third kappa shape index (κ3) is 4.80. The molecule has 0 unspecified atom stereocenters. The van der Waals surface area contributed by atoms with Crippen molar-refractivity contribution in [2.24, 2.45) is 5.92 Å². The smallest absolute Gasteiger partial charge is 0.0992 e. The summed E-state index contributed by atoms with van der Waals surface area (Å²) in [6.07, 6.45) is 0. The minimum atomic E-state index is 0.548. The van der Waals surface area contributed by atoms with Crippen molar-refractivity contribution in [3.8, 4) is 6.07 Å². The molecule has 4 nitrogen and oxygen atoms in total. The molecule has 0 saturated heterocycles. The maximum atomic E-state index is 9.02. The Bertz CT molecular complexity index is 446. The third-order valence-corrected chi connectivity index (χ3v) is 2.90. The van der Waals surface area contributed by atoms with Gasteiger partial charge in [0.05, 0.1) is 23.0 Å². The highest BCUT2D eigenvalue weighted by molar-refractivity contribution is 5.69. The molecule has 0 aliphatic heterocycles. The average molecular weight is 260 g/mol. The van der Waals surface area contributed by atoms with E-state index >= 15 is 0 Å². The highest BCUT2D eigenvalue weighted by atomic mass is 15.2. The molecule has 104 valence electrons. The normalized spacial score (nSPS) is 10.8. The van der Waals surface area contributed by atoms with Gasteiger partial charge in [0.1, 0.15) is 0 Å². The molecular weight excluding hydrogens is 236 g/mol. The minimum absolute atomic E-state index is 0.548. The van der Waals surface area contributed by atoms with E-state index in [0.29, 0.717) is 11.5 Å². The summed E-state index contributed by atoms with van der Waals surface area (Å²) in [5, 5.41) is 9.02. The number of hydrogen-bond acceptors (Lipinski definition) is 4. The quantitative estimate of drug-likeness (QED) is 0.796. The number of nitriles is 1. The summed E-state index contributed by atoms with van der Waals surface area (Å²) in [5.41, 5.74) is 8.42. The molecule has 4 heteroatoms. The lowest BCUT2D eigenvalue weighted by molar-refractivity contribution is 0.409. The molecule has 0 bridgehead atoms. The third-order valence-electron chi connectivity index (χ3n) is 2.90. The van der Waals surface area contributed by atoms with Gasteiger partial charge in [0.2, 0.25) is 0 Å². The van der Waals surface area contributed by atoms with Crippen LogP contribution in [0.25, 0.3) is 0 Å². The van der Waals surface area contributed by atoms with E-state index in [1.165, 1.54) is 0 Å². The van der Waals surface area contributed by atoms with Crippen LogP contribution in [0.5, 0.6) is 0 Å². The van der Waals surface area contributed by atoms with Gasteiger partial charge in [-0.25, -0.2) is 0 Å². The first-order valence-corrected chi connectivity index (χ1v) is 6.63. The summed E-state index contributed by atoms with van der Waals surface area (Å²) in [6.45, 7) is 7.18. The van der Waals surface area contributed by atoms with Crippen LogP contribution in [0.4, 0.5) is 11.4 Å². The summed E-state index contributed by atoms with van der Waals surface area (Å²) in [7, 11) is 4.12. The Balaban J connectivity index is 2.98. The van der Waals surface area contributed by atoms with Crippen molar-refractivity contribution >= 4 is 11.4 Å². The Labute approximate surface area is 116 Å². The number of anilines is 2. The van der Waals surface area contributed by atoms with E-state index in [9.17, 15) is 0 Å². The van der Waals surface area contributed by atoms with E-state index in [0.717, 1.165) is 31.0 Å². The van der Waals surface area contributed by atoms with Crippen LogP contribution >= 0.6 is 0 Å². The molecule has 0 aliphatic rings. The van der Waals surface area contributed by atoms with E-state index < -0.39 is 0 Å². The molecule has 0 amide bonds. The fraction of sp³-hybridized carbons (Fsp3) is 0.533. The number of nitrogens with zero attached hydrogens (tertiary/aromatic N) is 3. The second-order valence-corrected chi connectivity index (χ2v) is 5.53. The lowest BCUT2D eigenvalue weighted by atomic mass is 10.1. The molecule has 2 N–H and O–H groups in total. The predicted molar refractivity (Wildman–Crippen MR) is 81.2 cm³/mol. The van der Waals surface area contributed by atoms with Crippen molar-refractivity contribution in [3.63, 3.8) is 0 Å². The lowest BCUT2D eigenvalue weighted by Crippen LogP contribution is -2.34. The zero-order valence-corrected chi connectivity index (χ0v) is 12.3. The van der Waals surface area contributed by atoms with Crippen LogP contribution in [0, 0.1) is 17.2 Å². The number of likely N-dealkylation sites (N-methyl/N-ethyl adjacent to an activating group) is 1. The van der Waals surface area contributed by atoms with Crippen LogP contribution in [0.15, 0.2) is 18.2 Å². The summed E-state index contributed by atoms with van der Waals surface area (Å²) < 4.78 is 0. The van der Waals surface area contributed by atoms with Gasteiger partial charge in [0.15, 0.2) is 0 Å². The van der Waals surface area contributed by atoms with Crippen LogP contribution in [-0.4, -0.2) is 38.6 Å². The molecule has 0 aromatic heterocycles. The first-order chi connectivity index (χ1) is 8.93. The Morgan fingerprint density at radius 3 is 2.47 bits per heavy atom. The molecule has 0 fully saturated rings. The summed E-state index contributed by atoms with van der Waals surface area (Å²) in [5.74, 6) is 0.548. The molecule has 0 heterocycles. The van der Waals surface area contributed by atoms with E-state index in [1.54, 1.807) is 6.07 Å². The lowest BCUT2D eigenvalue weighted by Gasteiger charge is -2.29. The van der Waals surface area contributed by atoms with Gasteiger partial charge in [0, 0.05) is 19.6 Å². The van der Waals surface area contributed by atoms with Gasteiger partial charge in [-0.2, -0.15) is 5.26 Å². The Hall–Kier alpha value is -1.73. The van der Waals surface area contributed by atoms with Crippen molar-refractivity contribution in [1.82, 2.24) is 4.90 Å². The van der Waals surface area contributed by atoms with E-state index in [4.69, 9.17) is 11.0 Å². The van der Waals surface area contributed by atoms with Gasteiger partial charge in [-0.05, 0) is 38.2 Å².